The molecule has 19 heavy (non-hydrogen) atoms. The first-order chi connectivity index (χ1) is 9.26. The first kappa shape index (κ1) is 12.9. The quantitative estimate of drug-likeness (QED) is 0.829. The first-order valence-electron chi connectivity index (χ1n) is 7.19. The van der Waals surface area contributed by atoms with Crippen molar-refractivity contribution in [1.82, 2.24) is 9.88 Å². The van der Waals surface area contributed by atoms with E-state index in [0.29, 0.717) is 12.0 Å². The monoisotopic (exact) mass is 262 g/mol. The second-order valence-electron chi connectivity index (χ2n) is 5.57. The molecular formula is C15H22N2O2. The number of likely N-dealkylation sites (N-methyl/N-ethyl adjacent to an activating group) is 1. The maximum atomic E-state index is 6.10. The van der Waals surface area contributed by atoms with Crippen molar-refractivity contribution in [2.24, 2.45) is 0 Å². The third-order valence-corrected chi connectivity index (χ3v) is 3.99. The Hall–Kier alpha value is -1.13. The van der Waals surface area contributed by atoms with Gasteiger partial charge in [-0.3, -0.25) is 4.90 Å². The molecule has 0 spiro atoms. The number of aryl methyl sites for hydroxylation is 1. The number of pyridine rings is 1. The van der Waals surface area contributed by atoms with Crippen LogP contribution in [0.25, 0.3) is 0 Å². The lowest BCUT2D eigenvalue weighted by atomic mass is 9.99. The molecule has 2 fully saturated rings. The molecule has 2 aliphatic rings. The number of hydrogen-bond donors (Lipinski definition) is 0. The van der Waals surface area contributed by atoms with Crippen molar-refractivity contribution < 1.29 is 9.47 Å². The van der Waals surface area contributed by atoms with Gasteiger partial charge in [0, 0.05) is 36.9 Å². The fourth-order valence-corrected chi connectivity index (χ4v) is 2.75. The molecule has 1 aromatic rings. The lowest BCUT2D eigenvalue weighted by Gasteiger charge is -2.36. The number of likely N-dealkylation sites (tertiary alicyclic amines) is 1. The molecule has 0 aromatic carbocycles. The van der Waals surface area contributed by atoms with Crippen molar-refractivity contribution in [2.45, 2.75) is 31.8 Å². The molecule has 0 amide bonds. The third-order valence-electron chi connectivity index (χ3n) is 3.99. The van der Waals surface area contributed by atoms with Gasteiger partial charge >= 0.3 is 0 Å². The van der Waals surface area contributed by atoms with Crippen LogP contribution >= 0.6 is 0 Å². The van der Waals surface area contributed by atoms with Crippen LogP contribution in [0, 0.1) is 0 Å². The van der Waals surface area contributed by atoms with Gasteiger partial charge < -0.3 is 9.47 Å². The van der Waals surface area contributed by atoms with Crippen LogP contribution in [-0.2, 0) is 11.2 Å². The SMILES string of the molecule is CCc1ccc([C@@H]2CCOC2)c(OC2CN(C)C2)n1. The molecule has 2 saturated heterocycles. The Morgan fingerprint density at radius 1 is 1.42 bits per heavy atom. The molecule has 104 valence electrons. The van der Waals surface area contributed by atoms with Gasteiger partial charge in [-0.2, -0.15) is 0 Å². The highest BCUT2D eigenvalue weighted by Crippen LogP contribution is 2.32. The molecule has 0 bridgehead atoms. The molecule has 0 saturated carbocycles. The predicted molar refractivity (Wildman–Crippen MR) is 73.7 cm³/mol. The number of nitrogens with zero attached hydrogens (tertiary/aromatic N) is 2. The van der Waals surface area contributed by atoms with Gasteiger partial charge in [0.2, 0.25) is 5.88 Å². The summed E-state index contributed by atoms with van der Waals surface area (Å²) in [6.45, 7) is 5.78. The van der Waals surface area contributed by atoms with E-state index in [1.807, 2.05) is 0 Å². The van der Waals surface area contributed by atoms with Crippen molar-refractivity contribution in [1.29, 1.82) is 0 Å². The highest BCUT2D eigenvalue weighted by molar-refractivity contribution is 5.33. The maximum absolute atomic E-state index is 6.10. The van der Waals surface area contributed by atoms with Crippen LogP contribution in [0.3, 0.4) is 0 Å². The highest BCUT2D eigenvalue weighted by atomic mass is 16.5. The fraction of sp³-hybridized carbons (Fsp3) is 0.667. The summed E-state index contributed by atoms with van der Waals surface area (Å²) < 4.78 is 11.6. The smallest absolute Gasteiger partial charge is 0.217 e. The molecule has 3 heterocycles. The zero-order chi connectivity index (χ0) is 13.2. The van der Waals surface area contributed by atoms with Crippen LogP contribution < -0.4 is 4.74 Å². The molecule has 2 aliphatic heterocycles. The molecule has 1 aromatic heterocycles. The predicted octanol–water partition coefficient (Wildman–Crippen LogP) is 1.84. The lowest BCUT2D eigenvalue weighted by Crippen LogP contribution is -2.51. The van der Waals surface area contributed by atoms with Gasteiger partial charge in [-0.15, -0.1) is 0 Å². The Morgan fingerprint density at radius 2 is 2.26 bits per heavy atom. The second kappa shape index (κ2) is 5.47. The molecule has 0 unspecified atom stereocenters. The normalized spacial score (nSPS) is 24.4. The number of ether oxygens (including phenoxy) is 2. The Balaban J connectivity index is 1.80. The van der Waals surface area contributed by atoms with Crippen LogP contribution in [0.5, 0.6) is 5.88 Å². The van der Waals surface area contributed by atoms with Crippen LogP contribution in [0.15, 0.2) is 12.1 Å². The van der Waals surface area contributed by atoms with Crippen LogP contribution in [-0.4, -0.2) is 49.3 Å². The van der Waals surface area contributed by atoms with E-state index < -0.39 is 0 Å². The molecule has 4 heteroatoms. The lowest BCUT2D eigenvalue weighted by molar-refractivity contribution is 0.0343. The number of hydrogen-bond acceptors (Lipinski definition) is 4. The second-order valence-corrected chi connectivity index (χ2v) is 5.57. The van der Waals surface area contributed by atoms with Crippen LogP contribution in [0.4, 0.5) is 0 Å². The molecule has 4 nitrogen and oxygen atoms in total. The third kappa shape index (κ3) is 2.74. The van der Waals surface area contributed by atoms with E-state index >= 15 is 0 Å². The first-order valence-corrected chi connectivity index (χ1v) is 7.19. The minimum Gasteiger partial charge on any atom is -0.471 e. The van der Waals surface area contributed by atoms with Crippen molar-refractivity contribution in [3.63, 3.8) is 0 Å². The van der Waals surface area contributed by atoms with E-state index in [1.165, 1.54) is 5.56 Å². The summed E-state index contributed by atoms with van der Waals surface area (Å²) in [5.74, 6) is 1.29. The van der Waals surface area contributed by atoms with Crippen molar-refractivity contribution in [3.05, 3.63) is 23.4 Å². The summed E-state index contributed by atoms with van der Waals surface area (Å²) in [5.41, 5.74) is 2.33. The van der Waals surface area contributed by atoms with Gasteiger partial charge in [-0.05, 0) is 26.0 Å². The van der Waals surface area contributed by atoms with Gasteiger partial charge in [-0.1, -0.05) is 13.0 Å². The molecule has 1 atom stereocenters. The topological polar surface area (TPSA) is 34.6 Å². The highest BCUT2D eigenvalue weighted by Gasteiger charge is 2.28. The van der Waals surface area contributed by atoms with E-state index in [-0.39, 0.29) is 0 Å². The zero-order valence-electron chi connectivity index (χ0n) is 11.8. The molecule has 0 radical (unpaired) electrons. The molecule has 3 rings (SSSR count). The van der Waals surface area contributed by atoms with E-state index in [0.717, 1.165) is 50.7 Å². The summed E-state index contributed by atoms with van der Waals surface area (Å²) in [5, 5.41) is 0. The largest absolute Gasteiger partial charge is 0.471 e. The zero-order valence-corrected chi connectivity index (χ0v) is 11.8. The number of aromatic nitrogens is 1. The molecule has 0 aliphatic carbocycles. The van der Waals surface area contributed by atoms with Crippen LogP contribution in [0.2, 0.25) is 0 Å². The average Bonchev–Trinajstić information content (AvgIpc) is 2.90. The maximum Gasteiger partial charge on any atom is 0.217 e. The summed E-state index contributed by atoms with van der Waals surface area (Å²) in [6, 6.07) is 4.30. The fourth-order valence-electron chi connectivity index (χ4n) is 2.75. The Kier molecular flexibility index (Phi) is 3.71. The van der Waals surface area contributed by atoms with Crippen molar-refractivity contribution in [2.75, 3.05) is 33.4 Å². The van der Waals surface area contributed by atoms with E-state index in [1.54, 1.807) is 0 Å². The Labute approximate surface area is 114 Å². The minimum atomic E-state index is 0.297. The summed E-state index contributed by atoms with van der Waals surface area (Å²) in [7, 11) is 2.11. The van der Waals surface area contributed by atoms with Gasteiger partial charge in [0.25, 0.3) is 0 Å². The van der Waals surface area contributed by atoms with E-state index in [4.69, 9.17) is 9.47 Å². The standard InChI is InChI=1S/C15H22N2O2/c1-3-12-4-5-14(11-6-7-18-10-11)15(16-12)19-13-8-17(2)9-13/h4-5,11,13H,3,6-10H2,1-2H3/t11-/m1/s1. The van der Waals surface area contributed by atoms with Crippen LogP contribution in [0.1, 0.15) is 30.5 Å². The Bertz CT molecular complexity index is 438. The van der Waals surface area contributed by atoms with Gasteiger partial charge in [-0.25, -0.2) is 4.98 Å². The summed E-state index contributed by atoms with van der Waals surface area (Å²) >= 11 is 0. The summed E-state index contributed by atoms with van der Waals surface area (Å²) in [6.07, 6.45) is 2.32. The number of rotatable bonds is 4. The van der Waals surface area contributed by atoms with Gasteiger partial charge in [0.05, 0.1) is 6.61 Å². The molecule has 0 N–H and O–H groups in total. The van der Waals surface area contributed by atoms with Crippen molar-refractivity contribution in [3.8, 4) is 5.88 Å². The Morgan fingerprint density at radius 3 is 2.89 bits per heavy atom. The molecular weight excluding hydrogens is 240 g/mol. The minimum absolute atomic E-state index is 0.297. The van der Waals surface area contributed by atoms with Gasteiger partial charge in [0.15, 0.2) is 0 Å². The average molecular weight is 262 g/mol. The van der Waals surface area contributed by atoms with E-state index in [9.17, 15) is 0 Å². The summed E-state index contributed by atoms with van der Waals surface area (Å²) in [4.78, 5) is 6.94. The van der Waals surface area contributed by atoms with Crippen molar-refractivity contribution >= 4 is 0 Å². The van der Waals surface area contributed by atoms with E-state index in [2.05, 4.69) is 36.0 Å². The van der Waals surface area contributed by atoms with Gasteiger partial charge in [0.1, 0.15) is 6.10 Å².